The minimum absolute atomic E-state index is 0.0517. The van der Waals surface area contributed by atoms with Crippen molar-refractivity contribution in [2.75, 3.05) is 39.3 Å². The van der Waals surface area contributed by atoms with Crippen LogP contribution in [0.15, 0.2) is 46.4 Å². The summed E-state index contributed by atoms with van der Waals surface area (Å²) in [5.74, 6) is 0.702. The highest BCUT2D eigenvalue weighted by atomic mass is 16.3. The van der Waals surface area contributed by atoms with Gasteiger partial charge in [-0.1, -0.05) is 85.6 Å². The molecule has 308 valence electrons. The lowest BCUT2D eigenvalue weighted by atomic mass is 9.83. The smallest absolute Gasteiger partial charge is 0.127 e. The van der Waals surface area contributed by atoms with Crippen LogP contribution in [-0.2, 0) is 49.4 Å². The van der Waals surface area contributed by atoms with E-state index in [4.69, 9.17) is 9.98 Å². The molecule has 0 unspecified atom stereocenters. The van der Waals surface area contributed by atoms with E-state index in [2.05, 4.69) is 106 Å². The van der Waals surface area contributed by atoms with Crippen LogP contribution in [0.4, 0.5) is 0 Å². The first-order valence-electron chi connectivity index (χ1n) is 22.4. The molecular formula is C51H78N3O2+. The van der Waals surface area contributed by atoms with E-state index < -0.39 is 0 Å². The van der Waals surface area contributed by atoms with Gasteiger partial charge in [0.05, 0.1) is 39.3 Å². The molecule has 2 aliphatic rings. The minimum Gasteiger partial charge on any atom is -0.507 e. The van der Waals surface area contributed by atoms with E-state index >= 15 is 0 Å². The first-order valence-corrected chi connectivity index (χ1v) is 22.4. The quantitative estimate of drug-likeness (QED) is 0.142. The fraction of sp³-hybridized carbons (Fsp3) is 0.608. The highest BCUT2D eigenvalue weighted by Crippen LogP contribution is 2.34. The summed E-state index contributed by atoms with van der Waals surface area (Å²) in [4.78, 5) is 9.43. The number of quaternary nitrogens is 1. The van der Waals surface area contributed by atoms with Gasteiger partial charge in [-0.3, -0.25) is 9.98 Å². The van der Waals surface area contributed by atoms with Crippen LogP contribution in [0.25, 0.3) is 0 Å². The summed E-state index contributed by atoms with van der Waals surface area (Å²) in [6.45, 7) is 28.7. The molecule has 0 saturated heterocycles. The number of phenols is 2. The van der Waals surface area contributed by atoms with Crippen LogP contribution in [0.2, 0.25) is 0 Å². The molecule has 5 nitrogen and oxygen atoms in total. The highest BCUT2D eigenvalue weighted by Gasteiger charge is 2.23. The van der Waals surface area contributed by atoms with Crippen molar-refractivity contribution in [1.82, 2.24) is 0 Å². The second-order valence-electron chi connectivity index (χ2n) is 18.7. The zero-order valence-electron chi connectivity index (χ0n) is 37.3. The largest absolute Gasteiger partial charge is 0.507 e. The summed E-state index contributed by atoms with van der Waals surface area (Å²) < 4.78 is 1.21. The molecule has 0 radical (unpaired) electrons. The van der Waals surface area contributed by atoms with E-state index in [1.807, 2.05) is 12.4 Å². The Morgan fingerprint density at radius 3 is 1.36 bits per heavy atom. The third-order valence-corrected chi connectivity index (χ3v) is 12.7. The third kappa shape index (κ3) is 12.3. The molecule has 2 N–H and O–H groups in total. The van der Waals surface area contributed by atoms with Crippen molar-refractivity contribution in [1.29, 1.82) is 0 Å². The van der Waals surface area contributed by atoms with E-state index in [0.29, 0.717) is 24.6 Å². The molecule has 0 aliphatic carbocycles. The van der Waals surface area contributed by atoms with Crippen molar-refractivity contribution in [3.63, 3.8) is 0 Å². The zero-order valence-corrected chi connectivity index (χ0v) is 37.3. The molecule has 0 aromatic heterocycles. The SMILES string of the molecule is CCCCCc1c2ccc(c1CCCC[N+](CC)(CC)CC)CCCc1cc(C(C)(C)C)cc(c1O)C=NCCN=Cc1cc(C(C)(C)C)cc(c1O)CCC2. The third-order valence-electron chi connectivity index (χ3n) is 12.7. The molecule has 0 spiro atoms. The second-order valence-corrected chi connectivity index (χ2v) is 18.7. The van der Waals surface area contributed by atoms with Crippen LogP contribution >= 0.6 is 0 Å². The van der Waals surface area contributed by atoms with Gasteiger partial charge in [-0.05, 0) is 159 Å². The molecule has 2 heterocycles. The maximum Gasteiger partial charge on any atom is 0.127 e. The van der Waals surface area contributed by atoms with Gasteiger partial charge in [0, 0.05) is 23.6 Å². The normalized spacial score (nSPS) is 14.8. The number of aromatic hydroxyl groups is 2. The summed E-state index contributed by atoms with van der Waals surface area (Å²) in [5, 5.41) is 23.2. The van der Waals surface area contributed by atoms with Crippen LogP contribution in [0.3, 0.4) is 0 Å². The number of phenolic OH excluding ortho intramolecular Hbond substituents is 2. The number of hydrogen-bond acceptors (Lipinski definition) is 4. The predicted octanol–water partition coefficient (Wildman–Crippen LogP) is 11.8. The standard InChI is InChI=1S/C51H77N3O2/c1-11-15-16-25-46-38-21-19-23-40-32-44(50(5,6)7)34-42(48(40)55)36-52-29-30-53-37-43-35-45(51(8,9)10)33-41(49(43)56)24-20-22-39(28-27-38)47(46)26-17-18-31-54(12-2,13-3)14-4/h27-28,32-37H,11-26,29-31H2,1-10H3,(H-,52,53,55,56)/p+1. The number of hydrogen-bond donors (Lipinski definition) is 2. The van der Waals surface area contributed by atoms with E-state index in [9.17, 15) is 10.2 Å². The lowest BCUT2D eigenvalue weighted by molar-refractivity contribution is -0.923. The number of rotatable bonds is 12. The number of benzene rings is 3. The van der Waals surface area contributed by atoms with Gasteiger partial charge in [0.2, 0.25) is 0 Å². The van der Waals surface area contributed by atoms with Gasteiger partial charge in [0.25, 0.3) is 0 Å². The number of unbranched alkanes of at least 4 members (excludes halogenated alkanes) is 3. The van der Waals surface area contributed by atoms with E-state index in [-0.39, 0.29) is 10.8 Å². The van der Waals surface area contributed by atoms with Crippen molar-refractivity contribution in [3.8, 4) is 11.5 Å². The molecule has 5 rings (SSSR count). The maximum atomic E-state index is 11.6. The zero-order chi connectivity index (χ0) is 40.9. The Hall–Kier alpha value is -3.44. The monoisotopic (exact) mass is 765 g/mol. The van der Waals surface area contributed by atoms with Crippen molar-refractivity contribution >= 4 is 12.4 Å². The number of aliphatic imine (C=N–C) groups is 2. The van der Waals surface area contributed by atoms with Gasteiger partial charge in [0.1, 0.15) is 11.5 Å². The number of aryl methyl sites for hydroxylation is 4. The Labute approximate surface area is 342 Å². The van der Waals surface area contributed by atoms with E-state index in [1.165, 1.54) is 85.0 Å². The topological polar surface area (TPSA) is 65.2 Å². The lowest BCUT2D eigenvalue weighted by Gasteiger charge is -2.36. The van der Waals surface area contributed by atoms with E-state index in [1.54, 1.807) is 11.1 Å². The van der Waals surface area contributed by atoms with Gasteiger partial charge >= 0.3 is 0 Å². The first-order chi connectivity index (χ1) is 26.7. The minimum atomic E-state index is -0.0528. The molecule has 6 bridgehead atoms. The molecule has 0 amide bonds. The Bertz CT molecular complexity index is 1760. The van der Waals surface area contributed by atoms with Crippen LogP contribution in [0.1, 0.15) is 170 Å². The molecule has 5 heteroatoms. The predicted molar refractivity (Wildman–Crippen MR) is 242 cm³/mol. The molecule has 2 aliphatic heterocycles. The van der Waals surface area contributed by atoms with Crippen LogP contribution in [0.5, 0.6) is 11.5 Å². The molecule has 56 heavy (non-hydrogen) atoms. The van der Waals surface area contributed by atoms with Crippen LogP contribution in [-0.4, -0.2) is 66.4 Å². The molecule has 0 atom stereocenters. The number of fused-ring (bicyclic) bond motifs is 9. The molecule has 0 saturated carbocycles. The van der Waals surface area contributed by atoms with E-state index in [0.717, 1.165) is 73.6 Å². The van der Waals surface area contributed by atoms with Crippen molar-refractivity contribution < 1.29 is 14.7 Å². The Kier molecular flexibility index (Phi) is 16.8. The average molecular weight is 765 g/mol. The van der Waals surface area contributed by atoms with Gasteiger partial charge in [-0.2, -0.15) is 0 Å². The molecular weight excluding hydrogens is 687 g/mol. The van der Waals surface area contributed by atoms with Gasteiger partial charge in [-0.15, -0.1) is 0 Å². The first kappa shape index (κ1) is 45.3. The highest BCUT2D eigenvalue weighted by molar-refractivity contribution is 5.85. The van der Waals surface area contributed by atoms with Crippen molar-refractivity contribution in [3.05, 3.63) is 92.0 Å². The fourth-order valence-corrected chi connectivity index (χ4v) is 8.59. The summed E-state index contributed by atoms with van der Waals surface area (Å²) in [6, 6.07) is 13.5. The van der Waals surface area contributed by atoms with Gasteiger partial charge in [-0.25, -0.2) is 0 Å². The Balaban J connectivity index is 1.80. The van der Waals surface area contributed by atoms with Crippen molar-refractivity contribution in [2.45, 2.75) is 164 Å². The van der Waals surface area contributed by atoms with Crippen molar-refractivity contribution in [2.24, 2.45) is 9.98 Å². The maximum absolute atomic E-state index is 11.6. The number of nitrogens with zero attached hydrogens (tertiary/aromatic N) is 3. The second kappa shape index (κ2) is 20.8. The van der Waals surface area contributed by atoms with Gasteiger partial charge in [0.15, 0.2) is 0 Å². The average Bonchev–Trinajstić information content (AvgIpc) is 3.15. The lowest BCUT2D eigenvalue weighted by Crippen LogP contribution is -2.48. The van der Waals surface area contributed by atoms with Crippen LogP contribution < -0.4 is 0 Å². The Morgan fingerprint density at radius 1 is 0.554 bits per heavy atom. The van der Waals surface area contributed by atoms with Crippen LogP contribution in [0, 0.1) is 0 Å². The fourth-order valence-electron chi connectivity index (χ4n) is 8.59. The summed E-state index contributed by atoms with van der Waals surface area (Å²) in [5.41, 5.74) is 12.1. The van der Waals surface area contributed by atoms with Gasteiger partial charge < -0.3 is 14.7 Å². The molecule has 0 fully saturated rings. The summed E-state index contributed by atoms with van der Waals surface area (Å²) in [6.07, 6.45) is 17.7. The molecule has 3 aromatic rings. The summed E-state index contributed by atoms with van der Waals surface area (Å²) in [7, 11) is 0. The Morgan fingerprint density at radius 2 is 0.964 bits per heavy atom. The molecule has 3 aromatic carbocycles. The summed E-state index contributed by atoms with van der Waals surface area (Å²) >= 11 is 0.